The topological polar surface area (TPSA) is 20.2 Å². The maximum absolute atomic E-state index is 9.58. The normalized spacial score (nSPS) is 14.8. The highest BCUT2D eigenvalue weighted by Gasteiger charge is 2.21. The van der Waals surface area contributed by atoms with E-state index >= 15 is 0 Å². The third-order valence-corrected chi connectivity index (χ3v) is 3.54. The first-order chi connectivity index (χ1) is 6.40. The van der Waals surface area contributed by atoms with Gasteiger partial charge >= 0.3 is 0 Å². The lowest BCUT2D eigenvalue weighted by molar-refractivity contribution is 0.137. The standard InChI is InChI=1S/C13H28O/c1-6-8-12(14)9-7-10-13(4,5)11(2)3/h11-12,14H,6-10H2,1-5H3. The van der Waals surface area contributed by atoms with E-state index in [1.54, 1.807) is 0 Å². The van der Waals surface area contributed by atoms with E-state index in [1.807, 2.05) is 0 Å². The SMILES string of the molecule is CCCC(O)CCCC(C)(C)C(C)C. The molecule has 86 valence electrons. The van der Waals surface area contributed by atoms with Crippen molar-refractivity contribution in [2.45, 2.75) is 72.8 Å². The van der Waals surface area contributed by atoms with Crippen molar-refractivity contribution in [2.24, 2.45) is 11.3 Å². The minimum Gasteiger partial charge on any atom is -0.393 e. The summed E-state index contributed by atoms with van der Waals surface area (Å²) in [5.74, 6) is 0.728. The van der Waals surface area contributed by atoms with Crippen LogP contribution in [0, 0.1) is 11.3 Å². The molecule has 0 rings (SSSR count). The van der Waals surface area contributed by atoms with Gasteiger partial charge in [0.15, 0.2) is 0 Å². The average molecular weight is 200 g/mol. The van der Waals surface area contributed by atoms with Crippen LogP contribution in [0.15, 0.2) is 0 Å². The highest BCUT2D eigenvalue weighted by atomic mass is 16.3. The van der Waals surface area contributed by atoms with Crippen LogP contribution in [0.5, 0.6) is 0 Å². The van der Waals surface area contributed by atoms with Crippen molar-refractivity contribution in [3.05, 3.63) is 0 Å². The summed E-state index contributed by atoms with van der Waals surface area (Å²) < 4.78 is 0. The van der Waals surface area contributed by atoms with E-state index in [4.69, 9.17) is 0 Å². The fourth-order valence-corrected chi connectivity index (χ4v) is 1.56. The lowest BCUT2D eigenvalue weighted by atomic mass is 9.77. The quantitative estimate of drug-likeness (QED) is 0.658. The molecule has 0 saturated heterocycles. The summed E-state index contributed by atoms with van der Waals surface area (Å²) in [4.78, 5) is 0. The summed E-state index contributed by atoms with van der Waals surface area (Å²) in [6.07, 6.45) is 5.35. The Morgan fingerprint density at radius 1 is 1.14 bits per heavy atom. The van der Waals surface area contributed by atoms with Gasteiger partial charge in [-0.25, -0.2) is 0 Å². The molecular formula is C13H28O. The van der Waals surface area contributed by atoms with E-state index in [0.717, 1.165) is 31.6 Å². The van der Waals surface area contributed by atoms with E-state index < -0.39 is 0 Å². The van der Waals surface area contributed by atoms with Gasteiger partial charge in [0, 0.05) is 0 Å². The molecule has 0 heterocycles. The smallest absolute Gasteiger partial charge is 0.0540 e. The summed E-state index contributed by atoms with van der Waals surface area (Å²) in [5.41, 5.74) is 0.423. The second-order valence-electron chi connectivity index (χ2n) is 5.48. The maximum atomic E-state index is 9.58. The Morgan fingerprint density at radius 3 is 2.14 bits per heavy atom. The number of rotatable bonds is 7. The van der Waals surface area contributed by atoms with Gasteiger partial charge in [-0.1, -0.05) is 47.5 Å². The van der Waals surface area contributed by atoms with E-state index in [9.17, 15) is 5.11 Å². The average Bonchev–Trinajstić information content (AvgIpc) is 2.04. The second-order valence-corrected chi connectivity index (χ2v) is 5.48. The lowest BCUT2D eigenvalue weighted by Gasteiger charge is -2.29. The minimum atomic E-state index is -0.0667. The van der Waals surface area contributed by atoms with Crippen LogP contribution in [0.4, 0.5) is 0 Å². The van der Waals surface area contributed by atoms with Crippen LogP contribution in [0.3, 0.4) is 0 Å². The molecule has 1 nitrogen and oxygen atoms in total. The van der Waals surface area contributed by atoms with Crippen molar-refractivity contribution in [1.82, 2.24) is 0 Å². The maximum Gasteiger partial charge on any atom is 0.0540 e. The van der Waals surface area contributed by atoms with Crippen LogP contribution in [0.2, 0.25) is 0 Å². The Labute approximate surface area is 89.9 Å². The van der Waals surface area contributed by atoms with Crippen molar-refractivity contribution in [2.75, 3.05) is 0 Å². The third kappa shape index (κ3) is 5.64. The van der Waals surface area contributed by atoms with Crippen LogP contribution in [-0.2, 0) is 0 Å². The van der Waals surface area contributed by atoms with E-state index in [2.05, 4.69) is 34.6 Å². The van der Waals surface area contributed by atoms with Crippen LogP contribution < -0.4 is 0 Å². The summed E-state index contributed by atoms with van der Waals surface area (Å²) in [7, 11) is 0. The fraction of sp³-hybridized carbons (Fsp3) is 1.00. The predicted octanol–water partition coefficient (Wildman–Crippen LogP) is 4.00. The lowest BCUT2D eigenvalue weighted by Crippen LogP contribution is -2.19. The molecule has 0 aromatic carbocycles. The van der Waals surface area contributed by atoms with Gasteiger partial charge in [0.1, 0.15) is 0 Å². The largest absolute Gasteiger partial charge is 0.393 e. The molecule has 0 aromatic rings. The van der Waals surface area contributed by atoms with Crippen molar-refractivity contribution >= 4 is 0 Å². The molecule has 1 N–H and O–H groups in total. The molecule has 14 heavy (non-hydrogen) atoms. The molecule has 0 saturated carbocycles. The molecule has 1 unspecified atom stereocenters. The van der Waals surface area contributed by atoms with Crippen molar-refractivity contribution < 1.29 is 5.11 Å². The molecule has 0 aromatic heterocycles. The van der Waals surface area contributed by atoms with Gasteiger partial charge in [-0.05, 0) is 30.6 Å². The van der Waals surface area contributed by atoms with Crippen molar-refractivity contribution in [3.63, 3.8) is 0 Å². The molecule has 0 radical (unpaired) electrons. The number of aliphatic hydroxyl groups is 1. The number of hydrogen-bond donors (Lipinski definition) is 1. The Hall–Kier alpha value is -0.0400. The molecule has 0 aliphatic heterocycles. The molecule has 1 heteroatoms. The first-order valence-corrected chi connectivity index (χ1v) is 6.08. The number of aliphatic hydroxyl groups excluding tert-OH is 1. The van der Waals surface area contributed by atoms with Crippen LogP contribution in [0.25, 0.3) is 0 Å². The molecule has 0 bridgehead atoms. The molecule has 0 spiro atoms. The highest BCUT2D eigenvalue weighted by Crippen LogP contribution is 2.32. The van der Waals surface area contributed by atoms with Gasteiger partial charge in [-0.15, -0.1) is 0 Å². The van der Waals surface area contributed by atoms with Gasteiger partial charge in [0.05, 0.1) is 6.10 Å². The zero-order valence-electron chi connectivity index (χ0n) is 10.6. The summed E-state index contributed by atoms with van der Waals surface area (Å²) >= 11 is 0. The zero-order chi connectivity index (χ0) is 11.2. The van der Waals surface area contributed by atoms with Gasteiger partial charge in [-0.3, -0.25) is 0 Å². The molecule has 0 amide bonds. The molecular weight excluding hydrogens is 172 g/mol. The Bertz CT molecular complexity index is 138. The highest BCUT2D eigenvalue weighted by molar-refractivity contribution is 4.72. The monoisotopic (exact) mass is 200 g/mol. The van der Waals surface area contributed by atoms with Crippen molar-refractivity contribution in [3.8, 4) is 0 Å². The molecule has 1 atom stereocenters. The predicted molar refractivity (Wildman–Crippen MR) is 63.4 cm³/mol. The van der Waals surface area contributed by atoms with Crippen LogP contribution in [0.1, 0.15) is 66.7 Å². The first-order valence-electron chi connectivity index (χ1n) is 6.08. The second kappa shape index (κ2) is 6.44. The van der Waals surface area contributed by atoms with E-state index in [1.165, 1.54) is 6.42 Å². The summed E-state index contributed by atoms with van der Waals surface area (Å²) in [6.45, 7) is 11.3. The molecule has 0 aliphatic rings. The Kier molecular flexibility index (Phi) is 6.43. The summed E-state index contributed by atoms with van der Waals surface area (Å²) in [5, 5.41) is 9.58. The Balaban J connectivity index is 3.62. The fourth-order valence-electron chi connectivity index (χ4n) is 1.56. The van der Waals surface area contributed by atoms with Gasteiger partial charge < -0.3 is 5.11 Å². The zero-order valence-corrected chi connectivity index (χ0v) is 10.6. The van der Waals surface area contributed by atoms with Gasteiger partial charge in [-0.2, -0.15) is 0 Å². The van der Waals surface area contributed by atoms with Crippen LogP contribution in [-0.4, -0.2) is 11.2 Å². The molecule has 0 fully saturated rings. The number of hydrogen-bond acceptors (Lipinski definition) is 1. The van der Waals surface area contributed by atoms with Crippen LogP contribution >= 0.6 is 0 Å². The van der Waals surface area contributed by atoms with E-state index in [-0.39, 0.29) is 6.10 Å². The Morgan fingerprint density at radius 2 is 1.71 bits per heavy atom. The van der Waals surface area contributed by atoms with E-state index in [0.29, 0.717) is 5.41 Å². The minimum absolute atomic E-state index is 0.0667. The molecule has 0 aliphatic carbocycles. The van der Waals surface area contributed by atoms with Gasteiger partial charge in [0.25, 0.3) is 0 Å². The third-order valence-electron chi connectivity index (χ3n) is 3.54. The summed E-state index contributed by atoms with van der Waals surface area (Å²) in [6, 6.07) is 0. The van der Waals surface area contributed by atoms with Crippen molar-refractivity contribution in [1.29, 1.82) is 0 Å². The first kappa shape index (κ1) is 14.0. The van der Waals surface area contributed by atoms with Gasteiger partial charge in [0.2, 0.25) is 0 Å².